The van der Waals surface area contributed by atoms with Crippen molar-refractivity contribution in [1.82, 2.24) is 14.3 Å². The first-order valence-electron chi connectivity index (χ1n) is 7.83. The number of fused-ring (bicyclic) bond motifs is 1. The molecule has 1 aromatic carbocycles. The van der Waals surface area contributed by atoms with Gasteiger partial charge in [-0.3, -0.25) is 4.90 Å². The SMILES string of the molecule is Clc1cccc(O[C@@H]2CCN(Cc3cn4ccccc4n3)C2)c1. The Labute approximate surface area is 140 Å². The molecule has 4 rings (SSSR count). The third kappa shape index (κ3) is 3.33. The molecule has 0 bridgehead atoms. The zero-order chi connectivity index (χ0) is 15.6. The zero-order valence-corrected chi connectivity index (χ0v) is 13.5. The normalized spacial score (nSPS) is 18.6. The number of likely N-dealkylation sites (tertiary alicyclic amines) is 1. The van der Waals surface area contributed by atoms with Crippen LogP contribution >= 0.6 is 11.6 Å². The van der Waals surface area contributed by atoms with Gasteiger partial charge in [-0.05, 0) is 36.8 Å². The lowest BCUT2D eigenvalue weighted by Crippen LogP contribution is -2.24. The van der Waals surface area contributed by atoms with Crippen LogP contribution in [0.3, 0.4) is 0 Å². The molecular formula is C18H18ClN3O. The lowest BCUT2D eigenvalue weighted by Gasteiger charge is -2.16. The average Bonchev–Trinajstić information content (AvgIpc) is 3.13. The molecule has 5 heteroatoms. The molecule has 0 spiro atoms. The maximum Gasteiger partial charge on any atom is 0.137 e. The van der Waals surface area contributed by atoms with E-state index in [2.05, 4.69) is 20.5 Å². The second-order valence-corrected chi connectivity index (χ2v) is 6.36. The van der Waals surface area contributed by atoms with Gasteiger partial charge in [0.05, 0.1) is 5.69 Å². The van der Waals surface area contributed by atoms with E-state index in [1.807, 2.05) is 48.7 Å². The molecule has 2 aromatic heterocycles. The molecule has 0 amide bonds. The van der Waals surface area contributed by atoms with Crippen molar-refractivity contribution in [3.63, 3.8) is 0 Å². The molecular weight excluding hydrogens is 310 g/mol. The number of hydrogen-bond acceptors (Lipinski definition) is 3. The van der Waals surface area contributed by atoms with Crippen molar-refractivity contribution in [2.45, 2.75) is 19.1 Å². The number of benzene rings is 1. The summed E-state index contributed by atoms with van der Waals surface area (Å²) in [6.45, 7) is 2.80. The number of halogens is 1. The Morgan fingerprint density at radius 1 is 1.22 bits per heavy atom. The molecule has 3 heterocycles. The summed E-state index contributed by atoms with van der Waals surface area (Å²) in [6, 6.07) is 13.7. The summed E-state index contributed by atoms with van der Waals surface area (Å²) in [5.74, 6) is 0.845. The summed E-state index contributed by atoms with van der Waals surface area (Å²) in [5.41, 5.74) is 2.09. The van der Waals surface area contributed by atoms with Crippen molar-refractivity contribution in [2.75, 3.05) is 13.1 Å². The Kier molecular flexibility index (Phi) is 3.93. The molecule has 4 nitrogen and oxygen atoms in total. The Hall–Kier alpha value is -2.04. The van der Waals surface area contributed by atoms with Crippen LogP contribution in [0.1, 0.15) is 12.1 Å². The van der Waals surface area contributed by atoms with Crippen molar-refractivity contribution < 1.29 is 4.74 Å². The molecule has 3 aromatic rings. The minimum atomic E-state index is 0.213. The third-order valence-electron chi connectivity index (χ3n) is 4.13. The highest BCUT2D eigenvalue weighted by Crippen LogP contribution is 2.22. The number of aromatic nitrogens is 2. The van der Waals surface area contributed by atoms with Crippen LogP contribution in [0, 0.1) is 0 Å². The van der Waals surface area contributed by atoms with Gasteiger partial charge in [-0.15, -0.1) is 0 Å². The fraction of sp³-hybridized carbons (Fsp3) is 0.278. The third-order valence-corrected chi connectivity index (χ3v) is 4.36. The summed E-state index contributed by atoms with van der Waals surface area (Å²) >= 11 is 6.00. The lowest BCUT2D eigenvalue weighted by molar-refractivity contribution is 0.198. The molecule has 0 aliphatic carbocycles. The van der Waals surface area contributed by atoms with Crippen molar-refractivity contribution in [1.29, 1.82) is 0 Å². The van der Waals surface area contributed by atoms with Crippen LogP contribution in [-0.2, 0) is 6.54 Å². The first kappa shape index (κ1) is 14.5. The minimum absolute atomic E-state index is 0.213. The maximum atomic E-state index is 6.03. The van der Waals surface area contributed by atoms with Crippen LogP contribution in [-0.4, -0.2) is 33.5 Å². The van der Waals surface area contributed by atoms with Gasteiger partial charge >= 0.3 is 0 Å². The highest BCUT2D eigenvalue weighted by atomic mass is 35.5. The predicted octanol–water partition coefficient (Wildman–Crippen LogP) is 3.64. The fourth-order valence-electron chi connectivity index (χ4n) is 3.06. The van der Waals surface area contributed by atoms with E-state index in [4.69, 9.17) is 16.3 Å². The molecule has 1 atom stereocenters. The number of nitrogens with zero attached hydrogens (tertiary/aromatic N) is 3. The Morgan fingerprint density at radius 3 is 3.04 bits per heavy atom. The van der Waals surface area contributed by atoms with Crippen LogP contribution < -0.4 is 4.74 Å². The second-order valence-electron chi connectivity index (χ2n) is 5.92. The van der Waals surface area contributed by atoms with E-state index in [1.54, 1.807) is 0 Å². The first-order valence-corrected chi connectivity index (χ1v) is 8.21. The molecule has 1 aliphatic heterocycles. The van der Waals surface area contributed by atoms with Crippen LogP contribution in [0.4, 0.5) is 0 Å². The zero-order valence-electron chi connectivity index (χ0n) is 12.7. The minimum Gasteiger partial charge on any atom is -0.489 e. The Morgan fingerprint density at radius 2 is 2.17 bits per heavy atom. The molecule has 1 aliphatic rings. The van der Waals surface area contributed by atoms with Gasteiger partial charge in [-0.2, -0.15) is 0 Å². The van der Waals surface area contributed by atoms with Gasteiger partial charge in [0.15, 0.2) is 0 Å². The summed E-state index contributed by atoms with van der Waals surface area (Å²) in [4.78, 5) is 7.05. The van der Waals surface area contributed by atoms with E-state index >= 15 is 0 Å². The highest BCUT2D eigenvalue weighted by molar-refractivity contribution is 6.30. The van der Waals surface area contributed by atoms with Crippen LogP contribution in [0.2, 0.25) is 5.02 Å². The first-order chi connectivity index (χ1) is 11.3. The standard InChI is InChI=1S/C18H18ClN3O/c19-14-4-3-5-16(10-14)23-17-7-9-21(13-17)11-15-12-22-8-2-1-6-18(22)20-15/h1-6,8,10,12,17H,7,9,11,13H2/t17-/m1/s1. The van der Waals surface area contributed by atoms with Crippen LogP contribution in [0.5, 0.6) is 5.75 Å². The predicted molar refractivity (Wildman–Crippen MR) is 91.0 cm³/mol. The molecule has 118 valence electrons. The smallest absolute Gasteiger partial charge is 0.137 e. The molecule has 23 heavy (non-hydrogen) atoms. The van der Waals surface area contributed by atoms with Gasteiger partial charge < -0.3 is 9.14 Å². The molecule has 0 N–H and O–H groups in total. The number of hydrogen-bond donors (Lipinski definition) is 0. The number of rotatable bonds is 4. The Bertz CT molecular complexity index is 784. The van der Waals surface area contributed by atoms with E-state index < -0.39 is 0 Å². The molecule has 0 saturated carbocycles. The Balaban J connectivity index is 1.38. The topological polar surface area (TPSA) is 29.8 Å². The molecule has 1 fully saturated rings. The molecule has 1 saturated heterocycles. The van der Waals surface area contributed by atoms with Crippen molar-refractivity contribution in [3.8, 4) is 5.75 Å². The number of pyridine rings is 1. The second kappa shape index (κ2) is 6.22. The summed E-state index contributed by atoms with van der Waals surface area (Å²) < 4.78 is 8.09. The van der Waals surface area contributed by atoms with E-state index in [1.165, 1.54) is 0 Å². The van der Waals surface area contributed by atoms with Crippen LogP contribution in [0.25, 0.3) is 5.65 Å². The van der Waals surface area contributed by atoms with Gasteiger partial charge in [0.2, 0.25) is 0 Å². The van der Waals surface area contributed by atoms with Gasteiger partial charge in [-0.25, -0.2) is 4.98 Å². The maximum absolute atomic E-state index is 6.03. The fourth-order valence-corrected chi connectivity index (χ4v) is 3.24. The van der Waals surface area contributed by atoms with Gasteiger partial charge in [0, 0.05) is 37.1 Å². The molecule has 0 unspecified atom stereocenters. The number of imidazole rings is 1. The van der Waals surface area contributed by atoms with Crippen LogP contribution in [0.15, 0.2) is 54.9 Å². The average molecular weight is 328 g/mol. The lowest BCUT2D eigenvalue weighted by atomic mass is 10.3. The summed E-state index contributed by atoms with van der Waals surface area (Å²) in [6.07, 6.45) is 5.37. The van der Waals surface area contributed by atoms with Crippen molar-refractivity contribution >= 4 is 17.2 Å². The van der Waals surface area contributed by atoms with E-state index in [0.717, 1.165) is 43.1 Å². The van der Waals surface area contributed by atoms with E-state index in [9.17, 15) is 0 Å². The number of ether oxygens (including phenoxy) is 1. The van der Waals surface area contributed by atoms with E-state index in [-0.39, 0.29) is 6.10 Å². The van der Waals surface area contributed by atoms with Crippen molar-refractivity contribution in [2.24, 2.45) is 0 Å². The van der Waals surface area contributed by atoms with Crippen molar-refractivity contribution in [3.05, 3.63) is 65.6 Å². The van der Waals surface area contributed by atoms with Gasteiger partial charge in [0.1, 0.15) is 17.5 Å². The molecule has 0 radical (unpaired) electrons. The monoisotopic (exact) mass is 327 g/mol. The summed E-state index contributed by atoms with van der Waals surface area (Å²) in [7, 11) is 0. The van der Waals surface area contributed by atoms with Gasteiger partial charge in [0.25, 0.3) is 0 Å². The quantitative estimate of drug-likeness (QED) is 0.732. The van der Waals surface area contributed by atoms with E-state index in [0.29, 0.717) is 5.02 Å². The highest BCUT2D eigenvalue weighted by Gasteiger charge is 2.24. The van der Waals surface area contributed by atoms with Gasteiger partial charge in [-0.1, -0.05) is 23.7 Å². The summed E-state index contributed by atoms with van der Waals surface area (Å²) in [5, 5.41) is 0.710. The largest absolute Gasteiger partial charge is 0.489 e.